The first-order chi connectivity index (χ1) is 19.2. The van der Waals surface area contributed by atoms with E-state index in [9.17, 15) is 14.3 Å². The molecule has 0 bridgehead atoms. The lowest BCUT2D eigenvalue weighted by Crippen LogP contribution is -2.58. The molecule has 0 radical (unpaired) electrons. The topological polar surface area (TPSA) is 86.8 Å². The van der Waals surface area contributed by atoms with E-state index in [1.165, 1.54) is 12.1 Å². The standard InChI is InChI=1S/C31H55FO7Si3/c1-20(21(2)37-40(3,4)5)29-28(36-29)18-27-31(39-42(9,10)11)30(38-41(6,7)8)22(19-35-27)16-23(33)17-26(34)24-14-12-13-15-25(24)32/h12-15,20-22,26-31,34H,16-19H2,1-11H3/t20-,21+,22+,26?,27+,28+,29+,30-,31-/m1/s1. The zero-order valence-corrected chi connectivity index (χ0v) is 30.6. The van der Waals surface area contributed by atoms with Gasteiger partial charge in [0, 0.05) is 42.8 Å². The highest BCUT2D eigenvalue weighted by Crippen LogP contribution is 2.41. The first-order valence-electron chi connectivity index (χ1n) is 15.5. The SMILES string of the molecule is C[C@@H]([C@@H]1O[C@H]1C[C@@H]1OC[C@H](CC(=O)CC(O)c2ccccc2F)[C@@H](O[Si](C)(C)C)[C@@H]1O[Si](C)(C)C)[C@H](C)O[Si](C)(C)C. The Balaban J connectivity index is 1.74. The van der Waals surface area contributed by atoms with E-state index < -0.39 is 36.9 Å². The largest absolute Gasteiger partial charge is 0.415 e. The minimum Gasteiger partial charge on any atom is -0.415 e. The predicted molar refractivity (Wildman–Crippen MR) is 172 cm³/mol. The molecule has 0 saturated carbocycles. The number of hydrogen-bond donors (Lipinski definition) is 1. The third-order valence-corrected chi connectivity index (χ3v) is 10.8. The summed E-state index contributed by atoms with van der Waals surface area (Å²) in [5, 5.41) is 10.6. The molecule has 0 amide bonds. The molecular weight excluding hydrogens is 588 g/mol. The van der Waals surface area contributed by atoms with Crippen LogP contribution in [0.2, 0.25) is 58.9 Å². The lowest BCUT2D eigenvalue weighted by Gasteiger charge is -2.47. The maximum atomic E-state index is 14.2. The first kappa shape index (κ1) is 35.7. The minimum absolute atomic E-state index is 0.0621. The van der Waals surface area contributed by atoms with Gasteiger partial charge in [-0.05, 0) is 71.9 Å². The lowest BCUT2D eigenvalue weighted by atomic mass is 9.85. The maximum Gasteiger partial charge on any atom is 0.184 e. The fourth-order valence-corrected chi connectivity index (χ4v) is 9.41. The number of ether oxygens (including phenoxy) is 2. The molecule has 1 N–H and O–H groups in total. The molecule has 2 aliphatic heterocycles. The van der Waals surface area contributed by atoms with Crippen LogP contribution >= 0.6 is 0 Å². The van der Waals surface area contributed by atoms with Crippen molar-refractivity contribution in [1.29, 1.82) is 0 Å². The van der Waals surface area contributed by atoms with Gasteiger partial charge in [0.05, 0.1) is 43.2 Å². The summed E-state index contributed by atoms with van der Waals surface area (Å²) in [6.07, 6.45) is -1.06. The van der Waals surface area contributed by atoms with Crippen LogP contribution in [0.4, 0.5) is 4.39 Å². The van der Waals surface area contributed by atoms with Crippen LogP contribution in [0.25, 0.3) is 0 Å². The monoisotopic (exact) mass is 642 g/mol. The van der Waals surface area contributed by atoms with Gasteiger partial charge in [-0.25, -0.2) is 4.39 Å². The zero-order chi connectivity index (χ0) is 31.6. The number of halogens is 1. The smallest absolute Gasteiger partial charge is 0.184 e. The van der Waals surface area contributed by atoms with Gasteiger partial charge in [-0.1, -0.05) is 25.1 Å². The first-order valence-corrected chi connectivity index (χ1v) is 25.7. The van der Waals surface area contributed by atoms with E-state index in [-0.39, 0.29) is 72.6 Å². The molecule has 0 spiro atoms. The Hall–Kier alpha value is -0.769. The van der Waals surface area contributed by atoms with E-state index in [1.54, 1.807) is 12.1 Å². The van der Waals surface area contributed by atoms with Crippen LogP contribution in [0.15, 0.2) is 24.3 Å². The third kappa shape index (κ3) is 11.0. The van der Waals surface area contributed by atoms with Gasteiger partial charge in [-0.2, -0.15) is 0 Å². The molecule has 1 unspecified atom stereocenters. The van der Waals surface area contributed by atoms with E-state index in [1.807, 2.05) is 0 Å². The fraction of sp³-hybridized carbons (Fsp3) is 0.774. The number of carbonyl (C=O) groups is 1. The van der Waals surface area contributed by atoms with Gasteiger partial charge >= 0.3 is 0 Å². The molecule has 2 heterocycles. The normalized spacial score (nSPS) is 29.2. The van der Waals surface area contributed by atoms with Crippen LogP contribution in [0.1, 0.15) is 44.8 Å². The fourth-order valence-electron chi connectivity index (χ4n) is 5.83. The lowest BCUT2D eigenvalue weighted by molar-refractivity contribution is -0.159. The molecule has 1 aromatic carbocycles. The van der Waals surface area contributed by atoms with Crippen LogP contribution in [0, 0.1) is 17.7 Å². The number of carbonyl (C=O) groups excluding carboxylic acids is 1. The summed E-state index contributed by atoms with van der Waals surface area (Å²) in [6.45, 7) is 24.2. The summed E-state index contributed by atoms with van der Waals surface area (Å²) in [6, 6.07) is 6.04. The number of ketones is 1. The van der Waals surface area contributed by atoms with Gasteiger partial charge in [-0.15, -0.1) is 0 Å². The highest BCUT2D eigenvalue weighted by molar-refractivity contribution is 6.70. The molecule has 7 nitrogen and oxygen atoms in total. The highest BCUT2D eigenvalue weighted by Gasteiger charge is 2.52. The average Bonchev–Trinajstić information content (AvgIpc) is 3.58. The molecule has 9 atom stereocenters. The van der Waals surface area contributed by atoms with Crippen molar-refractivity contribution in [3.05, 3.63) is 35.6 Å². The van der Waals surface area contributed by atoms with Crippen molar-refractivity contribution in [2.45, 2.75) is 135 Å². The van der Waals surface area contributed by atoms with E-state index in [4.69, 9.17) is 22.8 Å². The van der Waals surface area contributed by atoms with E-state index in [2.05, 4.69) is 72.8 Å². The average molecular weight is 643 g/mol. The molecule has 3 rings (SSSR count). The molecule has 2 fully saturated rings. The molecule has 240 valence electrons. The summed E-state index contributed by atoms with van der Waals surface area (Å²) in [5.74, 6) is -0.623. The number of benzene rings is 1. The third-order valence-electron chi connectivity index (χ3n) is 7.72. The van der Waals surface area contributed by atoms with Gasteiger partial charge in [-0.3, -0.25) is 4.79 Å². The van der Waals surface area contributed by atoms with Gasteiger partial charge in [0.25, 0.3) is 0 Å². The van der Waals surface area contributed by atoms with Gasteiger partial charge in [0.2, 0.25) is 0 Å². The Labute approximate surface area is 256 Å². The second-order valence-electron chi connectivity index (χ2n) is 15.2. The number of epoxide rings is 1. The molecular formula is C31H55FO7Si3. The van der Waals surface area contributed by atoms with E-state index in [0.717, 1.165) is 0 Å². The van der Waals surface area contributed by atoms with E-state index >= 15 is 0 Å². The van der Waals surface area contributed by atoms with Crippen LogP contribution in [-0.2, 0) is 27.5 Å². The Morgan fingerprint density at radius 1 is 0.952 bits per heavy atom. The molecule has 2 aliphatic rings. The summed E-state index contributed by atoms with van der Waals surface area (Å²) >= 11 is 0. The second kappa shape index (κ2) is 14.1. The van der Waals surface area contributed by atoms with Crippen LogP contribution in [0.5, 0.6) is 0 Å². The van der Waals surface area contributed by atoms with Crippen molar-refractivity contribution >= 4 is 30.7 Å². The summed E-state index contributed by atoms with van der Waals surface area (Å²) in [5.41, 5.74) is 0.137. The molecule has 1 aromatic rings. The molecule has 2 saturated heterocycles. The van der Waals surface area contributed by atoms with Crippen LogP contribution in [0.3, 0.4) is 0 Å². The molecule has 11 heteroatoms. The zero-order valence-electron chi connectivity index (χ0n) is 27.6. The van der Waals surface area contributed by atoms with Gasteiger partial charge in [0.15, 0.2) is 25.0 Å². The number of rotatable bonds is 15. The van der Waals surface area contributed by atoms with Crippen molar-refractivity contribution in [2.24, 2.45) is 11.8 Å². The van der Waals surface area contributed by atoms with Crippen LogP contribution in [-0.4, -0.2) is 79.1 Å². The molecule has 0 aliphatic carbocycles. The summed E-state index contributed by atoms with van der Waals surface area (Å²) in [7, 11) is -5.73. The Morgan fingerprint density at radius 3 is 2.12 bits per heavy atom. The van der Waals surface area contributed by atoms with Crippen molar-refractivity contribution < 1.29 is 37.0 Å². The number of Topliss-reactive ketones (excluding diaryl/α,β-unsaturated/α-hetero) is 1. The van der Waals surface area contributed by atoms with Crippen molar-refractivity contribution in [1.82, 2.24) is 0 Å². The number of hydrogen-bond acceptors (Lipinski definition) is 7. The summed E-state index contributed by atoms with van der Waals surface area (Å²) in [4.78, 5) is 13.2. The van der Waals surface area contributed by atoms with Crippen molar-refractivity contribution in [3.8, 4) is 0 Å². The predicted octanol–water partition coefficient (Wildman–Crippen LogP) is 6.70. The Bertz CT molecular complexity index is 1040. The Morgan fingerprint density at radius 2 is 1.55 bits per heavy atom. The minimum atomic E-state index is -2.04. The van der Waals surface area contributed by atoms with Crippen LogP contribution < -0.4 is 0 Å². The van der Waals surface area contributed by atoms with E-state index in [0.29, 0.717) is 13.0 Å². The number of aliphatic hydroxyl groups excluding tert-OH is 1. The molecule has 42 heavy (non-hydrogen) atoms. The Kier molecular flexibility index (Phi) is 12.0. The number of aliphatic hydroxyl groups is 1. The van der Waals surface area contributed by atoms with Crippen molar-refractivity contribution in [3.63, 3.8) is 0 Å². The van der Waals surface area contributed by atoms with Gasteiger partial charge in [0.1, 0.15) is 11.6 Å². The van der Waals surface area contributed by atoms with Crippen molar-refractivity contribution in [2.75, 3.05) is 6.61 Å². The molecule has 0 aromatic heterocycles. The summed E-state index contributed by atoms with van der Waals surface area (Å²) < 4.78 is 46.8. The highest BCUT2D eigenvalue weighted by atomic mass is 28.4. The quantitative estimate of drug-likeness (QED) is 0.168. The second-order valence-corrected chi connectivity index (χ2v) is 28.6. The van der Waals surface area contributed by atoms with Gasteiger partial charge < -0.3 is 27.9 Å². The maximum absolute atomic E-state index is 14.2.